The predicted molar refractivity (Wildman–Crippen MR) is 103 cm³/mol. The average Bonchev–Trinajstić information content (AvgIpc) is 3.11. The van der Waals surface area contributed by atoms with Crippen LogP contribution in [0.1, 0.15) is 9.67 Å². The lowest BCUT2D eigenvalue weighted by Gasteiger charge is -2.11. The zero-order chi connectivity index (χ0) is 19.6. The molecule has 0 atom stereocenters. The number of carbonyl (C=O) groups is 1. The summed E-state index contributed by atoms with van der Waals surface area (Å²) in [5.41, 5.74) is 1.06. The molecule has 0 radical (unpaired) electrons. The van der Waals surface area contributed by atoms with E-state index in [4.69, 9.17) is 16.3 Å². The van der Waals surface area contributed by atoms with Crippen molar-refractivity contribution in [1.29, 1.82) is 0 Å². The van der Waals surface area contributed by atoms with Crippen LogP contribution in [0.5, 0.6) is 0 Å². The maximum atomic E-state index is 13.3. The van der Waals surface area contributed by atoms with Crippen molar-refractivity contribution in [2.45, 2.75) is 4.90 Å². The Kier molecular flexibility index (Phi) is 5.50. The summed E-state index contributed by atoms with van der Waals surface area (Å²) in [6.07, 6.45) is 0. The highest BCUT2D eigenvalue weighted by atomic mass is 35.5. The van der Waals surface area contributed by atoms with E-state index < -0.39 is 21.8 Å². The van der Waals surface area contributed by atoms with Crippen LogP contribution in [0.25, 0.3) is 11.1 Å². The third-order valence-electron chi connectivity index (χ3n) is 3.64. The lowest BCUT2D eigenvalue weighted by Crippen LogP contribution is -2.16. The molecule has 1 N–H and O–H groups in total. The lowest BCUT2D eigenvalue weighted by atomic mass is 10.1. The molecule has 140 valence electrons. The van der Waals surface area contributed by atoms with Crippen LogP contribution in [0.3, 0.4) is 0 Å². The fraction of sp³-hybridized carbons (Fsp3) is 0.0556. The SMILES string of the molecule is COC(=O)c1scc(-c2ccccc2)c1S(=O)(=O)Nc1ccc(F)c(Cl)c1. The lowest BCUT2D eigenvalue weighted by molar-refractivity contribution is 0.0602. The first kappa shape index (κ1) is 19.3. The number of ether oxygens (including phenoxy) is 1. The van der Waals surface area contributed by atoms with Crippen LogP contribution in [0.4, 0.5) is 10.1 Å². The van der Waals surface area contributed by atoms with Gasteiger partial charge < -0.3 is 4.74 Å². The van der Waals surface area contributed by atoms with Crippen molar-refractivity contribution in [3.63, 3.8) is 0 Å². The first-order valence-corrected chi connectivity index (χ1v) is 10.3. The molecule has 0 saturated carbocycles. The fourth-order valence-corrected chi connectivity index (χ4v) is 5.38. The number of thiophene rings is 1. The Morgan fingerprint density at radius 1 is 1.19 bits per heavy atom. The van der Waals surface area contributed by atoms with Crippen LogP contribution in [0.2, 0.25) is 5.02 Å². The summed E-state index contributed by atoms with van der Waals surface area (Å²) >= 11 is 6.68. The number of methoxy groups -OCH3 is 1. The summed E-state index contributed by atoms with van der Waals surface area (Å²) in [5.74, 6) is -1.44. The largest absolute Gasteiger partial charge is 0.465 e. The van der Waals surface area contributed by atoms with Crippen molar-refractivity contribution in [2.75, 3.05) is 11.8 Å². The number of nitrogens with one attached hydrogen (secondary N) is 1. The molecule has 0 spiro atoms. The number of anilines is 1. The van der Waals surface area contributed by atoms with E-state index in [1.165, 1.54) is 13.2 Å². The molecule has 0 saturated heterocycles. The van der Waals surface area contributed by atoms with E-state index in [1.54, 1.807) is 35.7 Å². The number of benzene rings is 2. The summed E-state index contributed by atoms with van der Waals surface area (Å²) in [7, 11) is -3.01. The van der Waals surface area contributed by atoms with Crippen molar-refractivity contribution < 1.29 is 22.3 Å². The topological polar surface area (TPSA) is 72.5 Å². The van der Waals surface area contributed by atoms with Crippen molar-refractivity contribution in [1.82, 2.24) is 0 Å². The summed E-state index contributed by atoms with van der Waals surface area (Å²) in [4.78, 5) is 11.8. The molecule has 5 nitrogen and oxygen atoms in total. The summed E-state index contributed by atoms with van der Waals surface area (Å²) in [6.45, 7) is 0. The van der Waals surface area contributed by atoms with Crippen molar-refractivity contribution >= 4 is 44.6 Å². The molecule has 27 heavy (non-hydrogen) atoms. The van der Waals surface area contributed by atoms with Crippen LogP contribution in [0.15, 0.2) is 58.8 Å². The molecular weight excluding hydrogens is 413 g/mol. The van der Waals surface area contributed by atoms with Gasteiger partial charge in [0.1, 0.15) is 15.6 Å². The van der Waals surface area contributed by atoms with Crippen LogP contribution in [-0.4, -0.2) is 21.5 Å². The van der Waals surface area contributed by atoms with Gasteiger partial charge in [0.25, 0.3) is 10.0 Å². The van der Waals surface area contributed by atoms with Crippen molar-refractivity contribution in [3.05, 3.63) is 69.6 Å². The van der Waals surface area contributed by atoms with Gasteiger partial charge in [-0.05, 0) is 23.8 Å². The van der Waals surface area contributed by atoms with Crippen LogP contribution >= 0.6 is 22.9 Å². The quantitative estimate of drug-likeness (QED) is 0.596. The zero-order valence-corrected chi connectivity index (χ0v) is 16.3. The average molecular weight is 426 g/mol. The third kappa shape index (κ3) is 3.97. The first-order chi connectivity index (χ1) is 12.8. The number of hydrogen-bond acceptors (Lipinski definition) is 5. The molecule has 3 rings (SSSR count). The van der Waals surface area contributed by atoms with Gasteiger partial charge in [-0.1, -0.05) is 41.9 Å². The minimum atomic E-state index is -4.19. The maximum absolute atomic E-state index is 13.3. The van der Waals surface area contributed by atoms with Crippen molar-refractivity contribution in [2.24, 2.45) is 0 Å². The Morgan fingerprint density at radius 3 is 2.52 bits per heavy atom. The summed E-state index contributed by atoms with van der Waals surface area (Å²) < 4.78 is 46.5. The Labute approximate surface area is 164 Å². The van der Waals surface area contributed by atoms with Gasteiger partial charge in [0.15, 0.2) is 0 Å². The van der Waals surface area contributed by atoms with Gasteiger partial charge in [-0.3, -0.25) is 4.72 Å². The van der Waals surface area contributed by atoms with E-state index >= 15 is 0 Å². The van der Waals surface area contributed by atoms with E-state index in [9.17, 15) is 17.6 Å². The van der Waals surface area contributed by atoms with Crippen LogP contribution in [-0.2, 0) is 14.8 Å². The van der Waals surface area contributed by atoms with E-state index in [-0.39, 0.29) is 20.5 Å². The highest BCUT2D eigenvalue weighted by Gasteiger charge is 2.30. The predicted octanol–water partition coefficient (Wildman–Crippen LogP) is 4.80. The molecule has 0 aliphatic rings. The molecule has 3 aromatic rings. The van der Waals surface area contributed by atoms with E-state index in [0.29, 0.717) is 11.1 Å². The minimum Gasteiger partial charge on any atom is -0.465 e. The molecule has 9 heteroatoms. The number of halogens is 2. The molecule has 1 aromatic heterocycles. The minimum absolute atomic E-state index is 0.0583. The summed E-state index contributed by atoms with van der Waals surface area (Å²) in [6, 6.07) is 12.2. The van der Waals surface area contributed by atoms with Gasteiger partial charge in [0, 0.05) is 10.9 Å². The van der Waals surface area contributed by atoms with Gasteiger partial charge in [0.2, 0.25) is 0 Å². The van der Waals surface area contributed by atoms with E-state index in [2.05, 4.69) is 4.72 Å². The first-order valence-electron chi connectivity index (χ1n) is 7.56. The molecule has 2 aromatic carbocycles. The van der Waals surface area contributed by atoms with Crippen LogP contribution < -0.4 is 4.72 Å². The van der Waals surface area contributed by atoms with E-state index in [0.717, 1.165) is 23.5 Å². The number of sulfonamides is 1. The molecule has 0 fully saturated rings. The van der Waals surface area contributed by atoms with Crippen LogP contribution in [0, 0.1) is 5.82 Å². The molecule has 1 heterocycles. The zero-order valence-electron chi connectivity index (χ0n) is 13.9. The second-order valence-corrected chi connectivity index (χ2v) is 8.31. The number of hydrogen-bond donors (Lipinski definition) is 1. The smallest absolute Gasteiger partial charge is 0.349 e. The normalized spacial score (nSPS) is 11.2. The molecule has 0 amide bonds. The van der Waals surface area contributed by atoms with Gasteiger partial charge >= 0.3 is 5.97 Å². The Bertz CT molecular complexity index is 1100. The standard InChI is InChI=1S/C18H13ClFNO4S2/c1-25-18(22)16-17(13(10-26-16)11-5-3-2-4-6-11)27(23,24)21-12-7-8-15(20)14(19)9-12/h2-10,21H,1H3. The third-order valence-corrected chi connectivity index (χ3v) is 6.49. The number of carbonyl (C=O) groups excluding carboxylic acids is 1. The van der Waals surface area contributed by atoms with Gasteiger partial charge in [-0.2, -0.15) is 0 Å². The second kappa shape index (κ2) is 7.67. The van der Waals surface area contributed by atoms with Gasteiger partial charge in [-0.15, -0.1) is 11.3 Å². The van der Waals surface area contributed by atoms with Gasteiger partial charge in [0.05, 0.1) is 17.8 Å². The number of esters is 1. The Hall–Kier alpha value is -2.42. The van der Waals surface area contributed by atoms with Gasteiger partial charge in [-0.25, -0.2) is 17.6 Å². The highest BCUT2D eigenvalue weighted by Crippen LogP contribution is 2.37. The molecule has 0 aliphatic carbocycles. The van der Waals surface area contributed by atoms with E-state index in [1.807, 2.05) is 0 Å². The molecule has 0 aliphatic heterocycles. The molecule has 0 bridgehead atoms. The monoisotopic (exact) mass is 425 g/mol. The molecule has 0 unspecified atom stereocenters. The second-order valence-electron chi connectivity index (χ2n) is 5.40. The maximum Gasteiger partial charge on any atom is 0.349 e. The highest BCUT2D eigenvalue weighted by molar-refractivity contribution is 7.93. The Morgan fingerprint density at radius 2 is 1.89 bits per heavy atom. The van der Waals surface area contributed by atoms with Crippen molar-refractivity contribution in [3.8, 4) is 11.1 Å². The Balaban J connectivity index is 2.13. The molecular formula is C18H13ClFNO4S2. The summed E-state index contributed by atoms with van der Waals surface area (Å²) in [5, 5.41) is 1.35. The fourth-order valence-electron chi connectivity index (χ4n) is 2.43. The number of rotatable bonds is 5.